The number of hydrogen-bond donors (Lipinski definition) is 1. The summed E-state index contributed by atoms with van der Waals surface area (Å²) in [4.78, 5) is 14.6. The number of hydrogen-bond acceptors (Lipinski definition) is 3. The molecule has 1 aromatic carbocycles. The Balaban J connectivity index is 1.64. The number of halogens is 1. The van der Waals surface area contributed by atoms with E-state index in [1.807, 2.05) is 24.3 Å². The fourth-order valence-electron chi connectivity index (χ4n) is 2.89. The molecule has 1 heterocycles. The zero-order valence-corrected chi connectivity index (χ0v) is 13.4. The van der Waals surface area contributed by atoms with Gasteiger partial charge in [0.15, 0.2) is 0 Å². The zero-order chi connectivity index (χ0) is 15.4. The number of carbonyl (C=O) groups is 1. The quantitative estimate of drug-likeness (QED) is 0.926. The second kappa shape index (κ2) is 7.16. The molecule has 0 atom stereocenters. The van der Waals surface area contributed by atoms with Crippen LogP contribution in [0.3, 0.4) is 0 Å². The van der Waals surface area contributed by atoms with Gasteiger partial charge in [-0.2, -0.15) is 0 Å². The Labute approximate surface area is 136 Å². The summed E-state index contributed by atoms with van der Waals surface area (Å²) >= 11 is 6.17. The lowest BCUT2D eigenvalue weighted by molar-refractivity contribution is -0.113. The molecule has 1 saturated heterocycles. The Morgan fingerprint density at radius 2 is 1.77 bits per heavy atom. The fourth-order valence-corrected chi connectivity index (χ4v) is 3.20. The summed E-state index contributed by atoms with van der Waals surface area (Å²) in [6, 6.07) is 7.97. The number of benzene rings is 1. The molecule has 22 heavy (non-hydrogen) atoms. The van der Waals surface area contributed by atoms with Crippen molar-refractivity contribution in [3.05, 3.63) is 34.9 Å². The number of allylic oxidation sites excluding steroid dienone is 1. The van der Waals surface area contributed by atoms with Crippen molar-refractivity contribution in [2.24, 2.45) is 0 Å². The average molecular weight is 321 g/mol. The number of amides is 1. The van der Waals surface area contributed by atoms with Gasteiger partial charge < -0.3 is 15.0 Å². The van der Waals surface area contributed by atoms with Gasteiger partial charge >= 0.3 is 0 Å². The van der Waals surface area contributed by atoms with Crippen LogP contribution >= 0.6 is 11.6 Å². The van der Waals surface area contributed by atoms with E-state index in [1.165, 1.54) is 0 Å². The number of nitrogens with one attached hydrogen (secondary N) is 1. The molecule has 0 radical (unpaired) electrons. The van der Waals surface area contributed by atoms with Gasteiger partial charge in [0.1, 0.15) is 0 Å². The van der Waals surface area contributed by atoms with E-state index >= 15 is 0 Å². The maximum atomic E-state index is 12.3. The first kappa shape index (κ1) is 15.4. The van der Waals surface area contributed by atoms with Crippen LogP contribution in [-0.2, 0) is 9.53 Å². The highest BCUT2D eigenvalue weighted by Gasteiger charge is 2.18. The molecule has 0 unspecified atom stereocenters. The molecule has 1 amide bonds. The molecule has 2 aliphatic rings. The maximum absolute atomic E-state index is 12.3. The summed E-state index contributed by atoms with van der Waals surface area (Å²) in [5.41, 5.74) is 2.71. The predicted molar refractivity (Wildman–Crippen MR) is 89.5 cm³/mol. The van der Waals surface area contributed by atoms with E-state index in [4.69, 9.17) is 16.3 Å². The summed E-state index contributed by atoms with van der Waals surface area (Å²) in [5.74, 6) is -0.0659. The van der Waals surface area contributed by atoms with Crippen molar-refractivity contribution in [1.82, 2.24) is 0 Å². The van der Waals surface area contributed by atoms with Crippen LogP contribution in [0.5, 0.6) is 0 Å². The third-order valence-corrected chi connectivity index (χ3v) is 4.59. The molecule has 118 valence electrons. The van der Waals surface area contributed by atoms with Crippen LogP contribution in [0.4, 0.5) is 11.4 Å². The van der Waals surface area contributed by atoms with E-state index in [0.717, 1.165) is 68.9 Å². The van der Waals surface area contributed by atoms with Gasteiger partial charge in [-0.25, -0.2) is 0 Å². The van der Waals surface area contributed by atoms with Crippen molar-refractivity contribution < 1.29 is 9.53 Å². The molecule has 0 bridgehead atoms. The Kier molecular flexibility index (Phi) is 5.01. The molecule has 3 rings (SSSR count). The molecule has 0 spiro atoms. The average Bonchev–Trinajstić information content (AvgIpc) is 2.57. The Morgan fingerprint density at radius 1 is 1.09 bits per heavy atom. The standard InChI is InChI=1S/C17H21ClN2O2/c18-16-4-2-1-3-15(16)17(21)19-13-5-7-14(8-6-13)20-9-11-22-12-10-20/h5-8H,1-4,9-12H2,(H,19,21). The first-order chi connectivity index (χ1) is 10.7. The normalized spacial score (nSPS) is 19.2. The molecule has 1 aromatic rings. The third kappa shape index (κ3) is 3.62. The fraction of sp³-hybridized carbons (Fsp3) is 0.471. The van der Waals surface area contributed by atoms with Crippen molar-refractivity contribution in [3.63, 3.8) is 0 Å². The van der Waals surface area contributed by atoms with Gasteiger partial charge in [0.05, 0.1) is 13.2 Å². The number of rotatable bonds is 3. The molecule has 1 N–H and O–H groups in total. The Bertz CT molecular complexity index is 563. The molecule has 4 nitrogen and oxygen atoms in total. The summed E-state index contributed by atoms with van der Waals surface area (Å²) in [7, 11) is 0. The number of nitrogens with zero attached hydrogens (tertiary/aromatic N) is 1. The van der Waals surface area contributed by atoms with E-state index in [1.54, 1.807) is 0 Å². The first-order valence-corrected chi connectivity index (χ1v) is 8.23. The van der Waals surface area contributed by atoms with E-state index < -0.39 is 0 Å². The number of ether oxygens (including phenoxy) is 1. The summed E-state index contributed by atoms with van der Waals surface area (Å²) in [5, 5.41) is 3.66. The Hall–Kier alpha value is -1.52. The van der Waals surface area contributed by atoms with E-state index in [9.17, 15) is 4.79 Å². The van der Waals surface area contributed by atoms with Crippen LogP contribution < -0.4 is 10.2 Å². The third-order valence-electron chi connectivity index (χ3n) is 4.18. The highest BCUT2D eigenvalue weighted by Crippen LogP contribution is 2.28. The number of carbonyl (C=O) groups excluding carboxylic acids is 1. The molecule has 1 aliphatic carbocycles. The smallest absolute Gasteiger partial charge is 0.252 e. The molecule has 0 aromatic heterocycles. The molecule has 1 fully saturated rings. The second-order valence-electron chi connectivity index (χ2n) is 5.69. The van der Waals surface area contributed by atoms with Crippen molar-refractivity contribution >= 4 is 28.9 Å². The van der Waals surface area contributed by atoms with Crippen LogP contribution in [0.15, 0.2) is 34.9 Å². The van der Waals surface area contributed by atoms with Gasteiger partial charge in [-0.3, -0.25) is 4.79 Å². The van der Waals surface area contributed by atoms with Gasteiger partial charge in [-0.05, 0) is 49.9 Å². The monoisotopic (exact) mass is 320 g/mol. The molecular formula is C17H21ClN2O2. The van der Waals surface area contributed by atoms with Gasteiger partial charge in [-0.1, -0.05) is 11.6 Å². The lowest BCUT2D eigenvalue weighted by Crippen LogP contribution is -2.36. The number of anilines is 2. The van der Waals surface area contributed by atoms with Crippen molar-refractivity contribution in [3.8, 4) is 0 Å². The Morgan fingerprint density at radius 3 is 2.45 bits per heavy atom. The highest BCUT2D eigenvalue weighted by molar-refractivity contribution is 6.32. The van der Waals surface area contributed by atoms with Gasteiger partial charge in [0.2, 0.25) is 0 Å². The van der Waals surface area contributed by atoms with Crippen LogP contribution in [0, 0.1) is 0 Å². The summed E-state index contributed by atoms with van der Waals surface area (Å²) < 4.78 is 5.36. The van der Waals surface area contributed by atoms with Crippen molar-refractivity contribution in [1.29, 1.82) is 0 Å². The minimum atomic E-state index is -0.0659. The second-order valence-corrected chi connectivity index (χ2v) is 6.15. The number of morpholine rings is 1. The lowest BCUT2D eigenvalue weighted by Gasteiger charge is -2.28. The minimum Gasteiger partial charge on any atom is -0.378 e. The van der Waals surface area contributed by atoms with E-state index in [-0.39, 0.29) is 5.91 Å². The molecule has 0 saturated carbocycles. The summed E-state index contributed by atoms with van der Waals surface area (Å²) in [6.45, 7) is 3.36. The summed E-state index contributed by atoms with van der Waals surface area (Å²) in [6.07, 6.45) is 3.70. The van der Waals surface area contributed by atoms with Crippen molar-refractivity contribution in [2.75, 3.05) is 36.5 Å². The molecule has 1 aliphatic heterocycles. The SMILES string of the molecule is O=C(Nc1ccc(N2CCOCC2)cc1)C1=C(Cl)CCCC1. The zero-order valence-electron chi connectivity index (χ0n) is 12.6. The van der Waals surface area contributed by atoms with Crippen LogP contribution in [0.25, 0.3) is 0 Å². The van der Waals surface area contributed by atoms with E-state index in [2.05, 4.69) is 10.2 Å². The van der Waals surface area contributed by atoms with Gasteiger partial charge in [0, 0.05) is 35.1 Å². The van der Waals surface area contributed by atoms with E-state index in [0.29, 0.717) is 5.03 Å². The lowest BCUT2D eigenvalue weighted by atomic mass is 9.98. The highest BCUT2D eigenvalue weighted by atomic mass is 35.5. The van der Waals surface area contributed by atoms with Gasteiger partial charge in [0.25, 0.3) is 5.91 Å². The van der Waals surface area contributed by atoms with Crippen molar-refractivity contribution in [2.45, 2.75) is 25.7 Å². The van der Waals surface area contributed by atoms with Gasteiger partial charge in [-0.15, -0.1) is 0 Å². The topological polar surface area (TPSA) is 41.6 Å². The van der Waals surface area contributed by atoms with Crippen LogP contribution in [0.2, 0.25) is 0 Å². The maximum Gasteiger partial charge on any atom is 0.252 e. The minimum absolute atomic E-state index is 0.0659. The largest absolute Gasteiger partial charge is 0.378 e. The van der Waals surface area contributed by atoms with Crippen LogP contribution in [0.1, 0.15) is 25.7 Å². The van der Waals surface area contributed by atoms with Crippen LogP contribution in [-0.4, -0.2) is 32.2 Å². The predicted octanol–water partition coefficient (Wildman–Crippen LogP) is 3.53. The first-order valence-electron chi connectivity index (χ1n) is 7.85. The molecule has 5 heteroatoms. The molecular weight excluding hydrogens is 300 g/mol.